The highest BCUT2D eigenvalue weighted by atomic mass is 32.2. The largest absolute Gasteiger partial charge is 0.480 e. The number of hydrogen-bond donors (Lipinski definition) is 2. The number of esters is 1. The Morgan fingerprint density at radius 2 is 2.06 bits per heavy atom. The smallest absolute Gasteiger partial charge is 0.324 e. The third kappa shape index (κ3) is 4.85. The Morgan fingerprint density at radius 1 is 1.50 bits per heavy atom. The van der Waals surface area contributed by atoms with Gasteiger partial charge in [-0.15, -0.1) is 0 Å². The van der Waals surface area contributed by atoms with Crippen LogP contribution >= 0.6 is 11.8 Å². The van der Waals surface area contributed by atoms with Gasteiger partial charge in [0, 0.05) is 12.8 Å². The Hall–Kier alpha value is -0.750. The molecule has 2 N–H and O–H groups in total. The number of carboxylic acids is 1. The van der Waals surface area contributed by atoms with Crippen LogP contribution in [0.1, 0.15) is 13.8 Å². The molecule has 0 radical (unpaired) electrons. The van der Waals surface area contributed by atoms with Gasteiger partial charge in [0.15, 0.2) is 0 Å². The van der Waals surface area contributed by atoms with Gasteiger partial charge in [0.2, 0.25) is 0 Å². The molecule has 0 heterocycles. The number of carbonyl (C=O) groups is 2. The molecule has 0 rings (SSSR count). The highest BCUT2D eigenvalue weighted by molar-refractivity contribution is 7.98. The molecule has 0 aromatic carbocycles. The Bertz CT molecular complexity index is 247. The summed E-state index contributed by atoms with van der Waals surface area (Å²) in [6, 6.07) is -0.869. The van der Waals surface area contributed by atoms with E-state index in [1.165, 1.54) is 6.92 Å². The summed E-state index contributed by atoms with van der Waals surface area (Å²) in [4.78, 5) is 22.0. The van der Waals surface area contributed by atoms with Crippen LogP contribution in [0.15, 0.2) is 0 Å². The van der Waals surface area contributed by atoms with Crippen molar-refractivity contribution in [2.75, 3.05) is 19.1 Å². The average molecular weight is 249 g/mol. The van der Waals surface area contributed by atoms with Gasteiger partial charge in [-0.3, -0.25) is 9.59 Å². The zero-order chi connectivity index (χ0) is 12.7. The Kier molecular flexibility index (Phi) is 7.16. The standard InChI is InChI=1S/C10H19NO4S/c1-6(5-16-4)9(15-7(2)12)8(11-3)10(13)14/h6,8-9,11H,5H2,1-4H3,(H,13,14)/t6-,8-,9+/m0/s1. The van der Waals surface area contributed by atoms with Crippen LogP contribution in [0.4, 0.5) is 0 Å². The van der Waals surface area contributed by atoms with E-state index in [0.717, 1.165) is 5.75 Å². The SMILES string of the molecule is CN[C@H](C(=O)O)[C@H](OC(C)=O)[C@@H](C)CSC. The van der Waals surface area contributed by atoms with Crippen molar-refractivity contribution >= 4 is 23.7 Å². The fraction of sp³-hybridized carbons (Fsp3) is 0.800. The molecule has 0 aliphatic heterocycles. The van der Waals surface area contributed by atoms with Crippen molar-refractivity contribution in [3.63, 3.8) is 0 Å². The summed E-state index contributed by atoms with van der Waals surface area (Å²) in [7, 11) is 1.54. The molecule has 6 heteroatoms. The maximum Gasteiger partial charge on any atom is 0.324 e. The molecule has 0 aliphatic carbocycles. The molecule has 0 spiro atoms. The predicted octanol–water partition coefficient (Wildman–Crippen LogP) is 0.590. The van der Waals surface area contributed by atoms with Crippen LogP contribution in [0.3, 0.4) is 0 Å². The van der Waals surface area contributed by atoms with Crippen LogP contribution in [0.5, 0.6) is 0 Å². The molecule has 0 saturated heterocycles. The number of aliphatic carboxylic acids is 1. The summed E-state index contributed by atoms with van der Waals surface area (Å²) in [6.45, 7) is 3.16. The number of hydrogen-bond acceptors (Lipinski definition) is 5. The van der Waals surface area contributed by atoms with E-state index in [2.05, 4.69) is 5.32 Å². The summed E-state index contributed by atoms with van der Waals surface area (Å²) in [5.74, 6) is -0.753. The van der Waals surface area contributed by atoms with Gasteiger partial charge in [-0.1, -0.05) is 6.92 Å². The highest BCUT2D eigenvalue weighted by Gasteiger charge is 2.33. The first kappa shape index (κ1) is 15.2. The fourth-order valence-corrected chi connectivity index (χ4v) is 2.21. The van der Waals surface area contributed by atoms with Crippen molar-refractivity contribution in [1.29, 1.82) is 0 Å². The molecule has 0 saturated carbocycles. The second-order valence-corrected chi connectivity index (χ2v) is 4.52. The molecular weight excluding hydrogens is 230 g/mol. The highest BCUT2D eigenvalue weighted by Crippen LogP contribution is 2.16. The van der Waals surface area contributed by atoms with Crippen LogP contribution in [-0.2, 0) is 14.3 Å². The lowest BCUT2D eigenvalue weighted by molar-refractivity contribution is -0.156. The van der Waals surface area contributed by atoms with Gasteiger partial charge in [-0.2, -0.15) is 11.8 Å². The van der Waals surface area contributed by atoms with Crippen molar-refractivity contribution in [2.24, 2.45) is 5.92 Å². The van der Waals surface area contributed by atoms with Crippen molar-refractivity contribution in [3.8, 4) is 0 Å². The molecule has 0 bridgehead atoms. The van der Waals surface area contributed by atoms with E-state index >= 15 is 0 Å². The number of carboxylic acid groups (broad SMARTS) is 1. The molecule has 0 aliphatic rings. The Labute approximate surface area is 99.9 Å². The van der Waals surface area contributed by atoms with Crippen molar-refractivity contribution in [1.82, 2.24) is 5.32 Å². The van der Waals surface area contributed by atoms with Crippen LogP contribution in [-0.4, -0.2) is 48.2 Å². The quantitative estimate of drug-likeness (QED) is 0.643. The molecule has 16 heavy (non-hydrogen) atoms. The predicted molar refractivity (Wildman–Crippen MR) is 63.6 cm³/mol. The number of nitrogens with one attached hydrogen (secondary N) is 1. The number of carbonyl (C=O) groups excluding carboxylic acids is 1. The molecular formula is C10H19NO4S. The molecule has 5 nitrogen and oxygen atoms in total. The molecule has 0 aromatic rings. The van der Waals surface area contributed by atoms with Gasteiger partial charge in [-0.05, 0) is 19.1 Å². The fourth-order valence-electron chi connectivity index (χ4n) is 1.49. The van der Waals surface area contributed by atoms with Crippen molar-refractivity contribution in [3.05, 3.63) is 0 Å². The Morgan fingerprint density at radius 3 is 2.38 bits per heavy atom. The summed E-state index contributed by atoms with van der Waals surface area (Å²) in [5.41, 5.74) is 0. The minimum Gasteiger partial charge on any atom is -0.480 e. The first-order chi connectivity index (χ1) is 7.43. The van der Waals surface area contributed by atoms with E-state index in [4.69, 9.17) is 9.84 Å². The molecule has 0 unspecified atom stereocenters. The van der Waals surface area contributed by atoms with Crippen LogP contribution in [0.25, 0.3) is 0 Å². The summed E-state index contributed by atoms with van der Waals surface area (Å²) >= 11 is 1.59. The van der Waals surface area contributed by atoms with Gasteiger partial charge in [0.1, 0.15) is 12.1 Å². The number of thioether (sulfide) groups is 1. The third-order valence-electron chi connectivity index (χ3n) is 2.20. The summed E-state index contributed by atoms with van der Waals surface area (Å²) in [6.07, 6.45) is 1.28. The molecule has 0 fully saturated rings. The minimum atomic E-state index is -1.01. The number of ether oxygens (including phenoxy) is 1. The van der Waals surface area contributed by atoms with Gasteiger partial charge in [0.25, 0.3) is 0 Å². The zero-order valence-electron chi connectivity index (χ0n) is 10.0. The summed E-state index contributed by atoms with van der Waals surface area (Å²) in [5, 5.41) is 11.7. The number of rotatable bonds is 7. The Balaban J connectivity index is 4.74. The minimum absolute atomic E-state index is 0.0209. The van der Waals surface area contributed by atoms with Gasteiger partial charge in [0.05, 0.1) is 0 Å². The third-order valence-corrected chi connectivity index (χ3v) is 3.06. The van der Waals surface area contributed by atoms with Gasteiger partial charge in [-0.25, -0.2) is 0 Å². The van der Waals surface area contributed by atoms with E-state index in [9.17, 15) is 9.59 Å². The first-order valence-electron chi connectivity index (χ1n) is 5.00. The van der Waals surface area contributed by atoms with E-state index in [1.807, 2.05) is 13.2 Å². The van der Waals surface area contributed by atoms with E-state index < -0.39 is 24.1 Å². The maximum absolute atomic E-state index is 11.0. The second kappa shape index (κ2) is 7.51. The van der Waals surface area contributed by atoms with E-state index in [-0.39, 0.29) is 5.92 Å². The average Bonchev–Trinajstić information content (AvgIpc) is 2.16. The van der Waals surface area contributed by atoms with Crippen LogP contribution in [0.2, 0.25) is 0 Å². The molecule has 3 atom stereocenters. The zero-order valence-corrected chi connectivity index (χ0v) is 10.8. The summed E-state index contributed by atoms with van der Waals surface area (Å²) < 4.78 is 5.08. The van der Waals surface area contributed by atoms with Gasteiger partial charge >= 0.3 is 11.9 Å². The lowest BCUT2D eigenvalue weighted by Crippen LogP contribution is -2.49. The van der Waals surface area contributed by atoms with Gasteiger partial charge < -0.3 is 15.2 Å². The van der Waals surface area contributed by atoms with E-state index in [0.29, 0.717) is 0 Å². The van der Waals surface area contributed by atoms with Crippen LogP contribution in [0, 0.1) is 5.92 Å². The topological polar surface area (TPSA) is 75.6 Å². The maximum atomic E-state index is 11.0. The monoisotopic (exact) mass is 249 g/mol. The molecule has 0 aromatic heterocycles. The first-order valence-corrected chi connectivity index (χ1v) is 6.39. The molecule has 94 valence electrons. The normalized spacial score (nSPS) is 16.2. The number of likely N-dealkylation sites (N-methyl/N-ethyl adjacent to an activating group) is 1. The lowest BCUT2D eigenvalue weighted by atomic mass is 9.99. The molecule has 0 amide bonds. The lowest BCUT2D eigenvalue weighted by Gasteiger charge is -2.28. The van der Waals surface area contributed by atoms with Crippen molar-refractivity contribution in [2.45, 2.75) is 26.0 Å². The van der Waals surface area contributed by atoms with Crippen LogP contribution < -0.4 is 5.32 Å². The second-order valence-electron chi connectivity index (χ2n) is 3.61. The van der Waals surface area contributed by atoms with Crippen molar-refractivity contribution < 1.29 is 19.4 Å². The van der Waals surface area contributed by atoms with E-state index in [1.54, 1.807) is 18.8 Å².